The van der Waals surface area contributed by atoms with Crippen molar-refractivity contribution in [2.75, 3.05) is 10.8 Å². The molecule has 0 spiro atoms. The number of carbonyl (C=O) groups is 2. The first kappa shape index (κ1) is 32.4. The SMILES string of the molecule is Cc1cccc(N(CC(=O)N(Cc2ccccc2F)[C@H](Cc2ccccc2)C(=O)NC(C)C)S(=O)(=O)c2ccccc2)c1C. The zero-order valence-corrected chi connectivity index (χ0v) is 26.2. The van der Waals surface area contributed by atoms with Crippen LogP contribution >= 0.6 is 0 Å². The summed E-state index contributed by atoms with van der Waals surface area (Å²) in [5.41, 5.74) is 2.90. The molecule has 7 nitrogen and oxygen atoms in total. The molecular formula is C35H38FN3O4S. The van der Waals surface area contributed by atoms with Gasteiger partial charge in [-0.3, -0.25) is 13.9 Å². The normalized spacial score (nSPS) is 12.0. The molecule has 0 heterocycles. The fourth-order valence-electron chi connectivity index (χ4n) is 4.98. The highest BCUT2D eigenvalue weighted by atomic mass is 32.2. The molecule has 0 aliphatic carbocycles. The van der Waals surface area contributed by atoms with E-state index < -0.39 is 40.2 Å². The van der Waals surface area contributed by atoms with Crippen molar-refractivity contribution in [3.05, 3.63) is 131 Å². The number of nitrogens with zero attached hydrogens (tertiary/aromatic N) is 2. The highest BCUT2D eigenvalue weighted by Crippen LogP contribution is 2.29. The third-order valence-corrected chi connectivity index (χ3v) is 9.23. The molecule has 9 heteroatoms. The summed E-state index contributed by atoms with van der Waals surface area (Å²) in [5, 5.41) is 2.90. The Bertz CT molecular complexity index is 1700. The van der Waals surface area contributed by atoms with Crippen molar-refractivity contribution in [3.8, 4) is 0 Å². The quantitative estimate of drug-likeness (QED) is 0.218. The van der Waals surface area contributed by atoms with Crippen LogP contribution in [0.25, 0.3) is 0 Å². The van der Waals surface area contributed by atoms with Gasteiger partial charge < -0.3 is 10.2 Å². The highest BCUT2D eigenvalue weighted by Gasteiger charge is 2.35. The van der Waals surface area contributed by atoms with E-state index in [0.29, 0.717) is 11.3 Å². The average molecular weight is 616 g/mol. The van der Waals surface area contributed by atoms with Crippen LogP contribution in [0, 0.1) is 19.7 Å². The Morgan fingerprint density at radius 1 is 0.818 bits per heavy atom. The molecule has 0 unspecified atom stereocenters. The first-order chi connectivity index (χ1) is 21.0. The zero-order valence-electron chi connectivity index (χ0n) is 25.4. The van der Waals surface area contributed by atoms with Crippen LogP contribution < -0.4 is 9.62 Å². The molecular weight excluding hydrogens is 577 g/mol. The van der Waals surface area contributed by atoms with Gasteiger partial charge in [-0.25, -0.2) is 12.8 Å². The second-order valence-corrected chi connectivity index (χ2v) is 12.9. The number of sulfonamides is 1. The van der Waals surface area contributed by atoms with Gasteiger partial charge in [0.2, 0.25) is 11.8 Å². The van der Waals surface area contributed by atoms with Gasteiger partial charge in [-0.1, -0.05) is 78.9 Å². The van der Waals surface area contributed by atoms with Gasteiger partial charge in [-0.15, -0.1) is 0 Å². The molecule has 0 aliphatic heterocycles. The van der Waals surface area contributed by atoms with E-state index in [1.54, 1.807) is 55.5 Å². The predicted molar refractivity (Wildman–Crippen MR) is 171 cm³/mol. The number of hydrogen-bond donors (Lipinski definition) is 1. The van der Waals surface area contributed by atoms with Crippen molar-refractivity contribution in [1.29, 1.82) is 0 Å². The van der Waals surface area contributed by atoms with Gasteiger partial charge >= 0.3 is 0 Å². The van der Waals surface area contributed by atoms with Gasteiger partial charge in [-0.2, -0.15) is 0 Å². The standard InChI is InChI=1S/C35H38FN3O4S/c1-25(2)37-35(41)33(22-28-15-7-5-8-16-28)38(23-29-17-11-12-20-31(29)36)34(40)24-39(32-21-13-14-26(3)27(32)4)44(42,43)30-18-9-6-10-19-30/h5-21,25,33H,22-24H2,1-4H3,(H,37,41)/t33-/m1/s1. The van der Waals surface area contributed by atoms with E-state index >= 15 is 4.39 Å². The van der Waals surface area contributed by atoms with E-state index in [2.05, 4.69) is 5.32 Å². The summed E-state index contributed by atoms with van der Waals surface area (Å²) < 4.78 is 44.3. The molecule has 0 fully saturated rings. The number of nitrogens with one attached hydrogen (secondary N) is 1. The topological polar surface area (TPSA) is 86.8 Å². The van der Waals surface area contributed by atoms with E-state index in [-0.39, 0.29) is 29.5 Å². The second-order valence-electron chi connectivity index (χ2n) is 11.0. The van der Waals surface area contributed by atoms with Gasteiger partial charge in [0.05, 0.1) is 10.6 Å². The minimum Gasteiger partial charge on any atom is -0.352 e. The summed E-state index contributed by atoms with van der Waals surface area (Å²) >= 11 is 0. The van der Waals surface area contributed by atoms with Crippen LogP contribution in [0.2, 0.25) is 0 Å². The Morgan fingerprint density at radius 2 is 1.43 bits per heavy atom. The Kier molecular flexibility index (Phi) is 10.5. The minimum atomic E-state index is -4.22. The monoisotopic (exact) mass is 615 g/mol. The summed E-state index contributed by atoms with van der Waals surface area (Å²) in [7, 11) is -4.22. The third kappa shape index (κ3) is 7.71. The van der Waals surface area contributed by atoms with Gasteiger partial charge in [-0.05, 0) is 68.7 Å². The average Bonchev–Trinajstić information content (AvgIpc) is 3.00. The third-order valence-electron chi connectivity index (χ3n) is 7.46. The molecule has 230 valence electrons. The van der Waals surface area contributed by atoms with Crippen LogP contribution in [0.5, 0.6) is 0 Å². The van der Waals surface area contributed by atoms with Gasteiger partial charge in [0.15, 0.2) is 0 Å². The number of carbonyl (C=O) groups excluding carboxylic acids is 2. The van der Waals surface area contributed by atoms with Crippen molar-refractivity contribution in [2.24, 2.45) is 0 Å². The Hall–Kier alpha value is -4.50. The van der Waals surface area contributed by atoms with Crippen molar-refractivity contribution >= 4 is 27.5 Å². The molecule has 4 aromatic carbocycles. The fraction of sp³-hybridized carbons (Fsp3) is 0.257. The maximum atomic E-state index is 15.0. The zero-order chi connectivity index (χ0) is 31.9. The van der Waals surface area contributed by atoms with Crippen molar-refractivity contribution in [2.45, 2.75) is 57.6 Å². The fourth-order valence-corrected chi connectivity index (χ4v) is 6.48. The Labute approximate surface area is 259 Å². The molecule has 2 amide bonds. The molecule has 0 aromatic heterocycles. The molecule has 1 N–H and O–H groups in total. The molecule has 1 atom stereocenters. The maximum Gasteiger partial charge on any atom is 0.264 e. The van der Waals surface area contributed by atoms with Crippen LogP contribution in [0.4, 0.5) is 10.1 Å². The molecule has 0 saturated carbocycles. The number of benzene rings is 4. The van der Waals surface area contributed by atoms with E-state index in [0.717, 1.165) is 15.4 Å². The van der Waals surface area contributed by atoms with Crippen molar-refractivity contribution in [3.63, 3.8) is 0 Å². The lowest BCUT2D eigenvalue weighted by Gasteiger charge is -2.34. The first-order valence-electron chi connectivity index (χ1n) is 14.5. The van der Waals surface area contributed by atoms with E-state index in [1.165, 1.54) is 23.1 Å². The van der Waals surface area contributed by atoms with E-state index in [4.69, 9.17) is 0 Å². The molecule has 0 aliphatic rings. The Morgan fingerprint density at radius 3 is 2.07 bits per heavy atom. The first-order valence-corrected chi connectivity index (χ1v) is 15.9. The molecule has 0 radical (unpaired) electrons. The molecule has 0 bridgehead atoms. The maximum absolute atomic E-state index is 15.0. The second kappa shape index (κ2) is 14.3. The van der Waals surface area contributed by atoms with Crippen LogP contribution in [0.3, 0.4) is 0 Å². The lowest BCUT2D eigenvalue weighted by atomic mass is 10.0. The van der Waals surface area contributed by atoms with Gasteiger partial charge in [0.25, 0.3) is 10.0 Å². The number of aryl methyl sites for hydroxylation is 1. The summed E-state index contributed by atoms with van der Waals surface area (Å²) in [6.07, 6.45) is 0.147. The molecule has 0 saturated heterocycles. The van der Waals surface area contributed by atoms with E-state index in [1.807, 2.05) is 57.2 Å². The van der Waals surface area contributed by atoms with Crippen LogP contribution in [-0.4, -0.2) is 43.8 Å². The van der Waals surface area contributed by atoms with Gasteiger partial charge in [0.1, 0.15) is 18.4 Å². The van der Waals surface area contributed by atoms with Crippen LogP contribution in [0.15, 0.2) is 108 Å². The van der Waals surface area contributed by atoms with Crippen LogP contribution in [-0.2, 0) is 32.6 Å². The predicted octanol–water partition coefficient (Wildman–Crippen LogP) is 5.80. The summed E-state index contributed by atoms with van der Waals surface area (Å²) in [6, 6.07) is 27.2. The number of anilines is 1. The number of halogens is 1. The summed E-state index contributed by atoms with van der Waals surface area (Å²) in [4.78, 5) is 29.5. The van der Waals surface area contributed by atoms with Crippen LogP contribution in [0.1, 0.15) is 36.1 Å². The number of amides is 2. The van der Waals surface area contributed by atoms with Crippen molar-refractivity contribution < 1.29 is 22.4 Å². The lowest BCUT2D eigenvalue weighted by molar-refractivity contribution is -0.140. The largest absolute Gasteiger partial charge is 0.352 e. The Balaban J connectivity index is 1.84. The number of rotatable bonds is 12. The van der Waals surface area contributed by atoms with E-state index in [9.17, 15) is 18.0 Å². The van der Waals surface area contributed by atoms with Gasteiger partial charge in [0, 0.05) is 24.6 Å². The number of hydrogen-bond acceptors (Lipinski definition) is 4. The highest BCUT2D eigenvalue weighted by molar-refractivity contribution is 7.92. The molecule has 4 rings (SSSR count). The molecule has 44 heavy (non-hydrogen) atoms. The lowest BCUT2D eigenvalue weighted by Crippen LogP contribution is -2.54. The van der Waals surface area contributed by atoms with Crippen molar-refractivity contribution in [1.82, 2.24) is 10.2 Å². The summed E-state index contributed by atoms with van der Waals surface area (Å²) in [6.45, 7) is 6.46. The summed E-state index contributed by atoms with van der Waals surface area (Å²) in [5.74, 6) is -1.59. The smallest absolute Gasteiger partial charge is 0.264 e. The molecule has 4 aromatic rings. The minimum absolute atomic E-state index is 0.0211.